The van der Waals surface area contributed by atoms with Gasteiger partial charge in [-0.15, -0.1) is 0 Å². The minimum atomic E-state index is -0.672. The van der Waals surface area contributed by atoms with E-state index in [0.717, 1.165) is 12.1 Å². The fraction of sp³-hybridized carbons (Fsp3) is 0.294. The van der Waals surface area contributed by atoms with Crippen LogP contribution in [0.25, 0.3) is 0 Å². The summed E-state index contributed by atoms with van der Waals surface area (Å²) in [5.74, 6) is 0. The van der Waals surface area contributed by atoms with E-state index < -0.39 is 11.0 Å². The SMILES string of the molecule is CC1Cc2ccccc2N1CC(O)c1ccc([N+](=O)[O-])cc1. The number of hydrogen-bond donors (Lipinski definition) is 1. The highest BCUT2D eigenvalue weighted by Gasteiger charge is 2.27. The van der Waals surface area contributed by atoms with Crippen molar-refractivity contribution in [3.8, 4) is 0 Å². The first-order valence-corrected chi connectivity index (χ1v) is 7.33. The summed E-state index contributed by atoms with van der Waals surface area (Å²) < 4.78 is 0. The van der Waals surface area contributed by atoms with Crippen LogP contribution < -0.4 is 4.90 Å². The molecule has 22 heavy (non-hydrogen) atoms. The van der Waals surface area contributed by atoms with Crippen LogP contribution in [-0.2, 0) is 6.42 Å². The Morgan fingerprint density at radius 1 is 1.27 bits per heavy atom. The average molecular weight is 298 g/mol. The number of para-hydroxylation sites is 1. The molecule has 2 atom stereocenters. The van der Waals surface area contributed by atoms with Crippen molar-refractivity contribution in [1.29, 1.82) is 0 Å². The van der Waals surface area contributed by atoms with Gasteiger partial charge in [-0.1, -0.05) is 18.2 Å². The zero-order chi connectivity index (χ0) is 15.7. The van der Waals surface area contributed by atoms with Crippen LogP contribution in [0.4, 0.5) is 11.4 Å². The summed E-state index contributed by atoms with van der Waals surface area (Å²) in [7, 11) is 0. The number of β-amino-alcohol motifs (C(OH)–C–C–N with tert-alkyl or cyclic N) is 1. The van der Waals surface area contributed by atoms with Gasteiger partial charge < -0.3 is 10.0 Å². The third-order valence-corrected chi connectivity index (χ3v) is 4.21. The van der Waals surface area contributed by atoms with Crippen LogP contribution in [0.15, 0.2) is 48.5 Å². The number of aliphatic hydroxyl groups is 1. The molecule has 1 aliphatic heterocycles. The minimum Gasteiger partial charge on any atom is -0.387 e. The Morgan fingerprint density at radius 3 is 2.64 bits per heavy atom. The van der Waals surface area contributed by atoms with E-state index in [4.69, 9.17) is 0 Å². The Bertz CT molecular complexity index is 685. The molecule has 0 aromatic heterocycles. The molecule has 0 aliphatic carbocycles. The van der Waals surface area contributed by atoms with E-state index in [1.807, 2.05) is 12.1 Å². The summed E-state index contributed by atoms with van der Waals surface area (Å²) in [6.07, 6.45) is 0.304. The smallest absolute Gasteiger partial charge is 0.269 e. The van der Waals surface area contributed by atoms with E-state index in [0.29, 0.717) is 18.2 Å². The molecule has 5 heteroatoms. The minimum absolute atomic E-state index is 0.0378. The highest BCUT2D eigenvalue weighted by molar-refractivity contribution is 5.59. The molecule has 2 aromatic rings. The molecule has 114 valence electrons. The zero-order valence-corrected chi connectivity index (χ0v) is 12.3. The lowest BCUT2D eigenvalue weighted by atomic mass is 10.1. The van der Waals surface area contributed by atoms with Crippen molar-refractivity contribution in [3.63, 3.8) is 0 Å². The second-order valence-corrected chi connectivity index (χ2v) is 5.70. The first-order chi connectivity index (χ1) is 10.6. The van der Waals surface area contributed by atoms with Crippen molar-refractivity contribution < 1.29 is 10.0 Å². The zero-order valence-electron chi connectivity index (χ0n) is 12.3. The summed E-state index contributed by atoms with van der Waals surface area (Å²) in [6, 6.07) is 14.7. The van der Waals surface area contributed by atoms with Crippen molar-refractivity contribution in [2.45, 2.75) is 25.5 Å². The second kappa shape index (κ2) is 5.77. The number of hydrogen-bond acceptors (Lipinski definition) is 4. The van der Waals surface area contributed by atoms with Crippen LogP contribution in [0.1, 0.15) is 24.2 Å². The van der Waals surface area contributed by atoms with E-state index in [2.05, 4.69) is 24.0 Å². The average Bonchev–Trinajstić information content (AvgIpc) is 2.83. The maximum Gasteiger partial charge on any atom is 0.269 e. The largest absolute Gasteiger partial charge is 0.387 e. The number of nitro groups is 1. The number of nitro benzene ring substituents is 1. The van der Waals surface area contributed by atoms with Crippen LogP contribution in [0.5, 0.6) is 0 Å². The number of aliphatic hydroxyl groups excluding tert-OH is 1. The Morgan fingerprint density at radius 2 is 1.95 bits per heavy atom. The molecule has 0 saturated carbocycles. The van der Waals surface area contributed by atoms with Gasteiger partial charge in [0.15, 0.2) is 0 Å². The monoisotopic (exact) mass is 298 g/mol. The highest BCUT2D eigenvalue weighted by atomic mass is 16.6. The van der Waals surface area contributed by atoms with Crippen molar-refractivity contribution in [1.82, 2.24) is 0 Å². The predicted molar refractivity (Wildman–Crippen MR) is 85.0 cm³/mol. The van der Waals surface area contributed by atoms with E-state index in [1.165, 1.54) is 17.7 Å². The number of anilines is 1. The topological polar surface area (TPSA) is 66.6 Å². The van der Waals surface area contributed by atoms with Gasteiger partial charge in [0.05, 0.1) is 11.0 Å². The first-order valence-electron chi connectivity index (χ1n) is 7.33. The highest BCUT2D eigenvalue weighted by Crippen LogP contribution is 2.33. The van der Waals surface area contributed by atoms with Crippen molar-refractivity contribution in [2.75, 3.05) is 11.4 Å². The first kappa shape index (κ1) is 14.5. The number of non-ortho nitro benzene ring substituents is 1. The van der Waals surface area contributed by atoms with Crippen molar-refractivity contribution in [2.24, 2.45) is 0 Å². The normalized spacial score (nSPS) is 18.1. The molecule has 0 spiro atoms. The standard InChI is InChI=1S/C17H18N2O3/c1-12-10-14-4-2-3-5-16(14)18(12)11-17(20)13-6-8-15(9-7-13)19(21)22/h2-9,12,17,20H,10-11H2,1H3. The van der Waals surface area contributed by atoms with Gasteiger partial charge in [-0.05, 0) is 42.7 Å². The lowest BCUT2D eigenvalue weighted by Crippen LogP contribution is -2.33. The Hall–Kier alpha value is -2.40. The lowest BCUT2D eigenvalue weighted by molar-refractivity contribution is -0.384. The summed E-state index contributed by atoms with van der Waals surface area (Å²) >= 11 is 0. The van der Waals surface area contributed by atoms with Crippen molar-refractivity contribution in [3.05, 3.63) is 69.8 Å². The predicted octanol–water partition coefficient (Wildman–Crippen LogP) is 3.08. The number of rotatable bonds is 4. The summed E-state index contributed by atoms with van der Waals surface area (Å²) in [4.78, 5) is 12.4. The fourth-order valence-electron chi connectivity index (χ4n) is 3.02. The van der Waals surface area contributed by atoms with Gasteiger partial charge in [-0.25, -0.2) is 0 Å². The van der Waals surface area contributed by atoms with Crippen LogP contribution >= 0.6 is 0 Å². The molecule has 0 amide bonds. The molecular formula is C17H18N2O3. The van der Waals surface area contributed by atoms with Crippen LogP contribution in [0, 0.1) is 10.1 Å². The molecule has 1 N–H and O–H groups in total. The van der Waals surface area contributed by atoms with Crippen molar-refractivity contribution >= 4 is 11.4 Å². The van der Waals surface area contributed by atoms with Gasteiger partial charge >= 0.3 is 0 Å². The van der Waals surface area contributed by atoms with E-state index in [1.54, 1.807) is 12.1 Å². The van der Waals surface area contributed by atoms with Gasteiger partial charge in [0.2, 0.25) is 0 Å². The second-order valence-electron chi connectivity index (χ2n) is 5.70. The van der Waals surface area contributed by atoms with Gasteiger partial charge in [-0.3, -0.25) is 10.1 Å². The molecule has 5 nitrogen and oxygen atoms in total. The van der Waals surface area contributed by atoms with Crippen LogP contribution in [0.2, 0.25) is 0 Å². The molecule has 0 fully saturated rings. The molecular weight excluding hydrogens is 280 g/mol. The maximum atomic E-state index is 10.7. The fourth-order valence-corrected chi connectivity index (χ4v) is 3.02. The quantitative estimate of drug-likeness (QED) is 0.696. The van der Waals surface area contributed by atoms with Crippen LogP contribution in [0.3, 0.4) is 0 Å². The van der Waals surface area contributed by atoms with Gasteiger partial charge in [0, 0.05) is 30.4 Å². The summed E-state index contributed by atoms with van der Waals surface area (Å²) in [5.41, 5.74) is 3.19. The number of fused-ring (bicyclic) bond motifs is 1. The number of nitrogens with zero attached hydrogens (tertiary/aromatic N) is 2. The van der Waals surface area contributed by atoms with Gasteiger partial charge in [0.25, 0.3) is 5.69 Å². The van der Waals surface area contributed by atoms with E-state index >= 15 is 0 Å². The molecule has 1 heterocycles. The third kappa shape index (κ3) is 2.67. The van der Waals surface area contributed by atoms with Crippen LogP contribution in [-0.4, -0.2) is 22.6 Å². The van der Waals surface area contributed by atoms with Gasteiger partial charge in [-0.2, -0.15) is 0 Å². The molecule has 2 aromatic carbocycles. The lowest BCUT2D eigenvalue weighted by Gasteiger charge is -2.27. The number of benzene rings is 2. The Labute approximate surface area is 129 Å². The van der Waals surface area contributed by atoms with Gasteiger partial charge in [0.1, 0.15) is 0 Å². The molecule has 0 bridgehead atoms. The van der Waals surface area contributed by atoms with E-state index in [-0.39, 0.29) is 5.69 Å². The molecule has 2 unspecified atom stereocenters. The van der Waals surface area contributed by atoms with E-state index in [9.17, 15) is 15.2 Å². The molecule has 0 radical (unpaired) electrons. The maximum absolute atomic E-state index is 10.7. The summed E-state index contributed by atoms with van der Waals surface area (Å²) in [6.45, 7) is 2.62. The summed E-state index contributed by atoms with van der Waals surface area (Å²) in [5, 5.41) is 21.1. The molecule has 3 rings (SSSR count). The molecule has 0 saturated heterocycles. The third-order valence-electron chi connectivity index (χ3n) is 4.21. The Kier molecular flexibility index (Phi) is 3.81. The molecule has 1 aliphatic rings. The Balaban J connectivity index is 1.77.